The van der Waals surface area contributed by atoms with Crippen LogP contribution in [-0.4, -0.2) is 11.9 Å². The highest BCUT2D eigenvalue weighted by atomic mass is 16.1. The molecule has 2 saturated carbocycles. The molecule has 0 radical (unpaired) electrons. The second-order valence-electron chi connectivity index (χ2n) is 5.95. The molecule has 2 aliphatic rings. The Morgan fingerprint density at radius 1 is 1.28 bits per heavy atom. The molecule has 0 saturated heterocycles. The third kappa shape index (κ3) is 3.07. The Hall–Kier alpha value is -0.970. The van der Waals surface area contributed by atoms with Crippen LogP contribution in [0.3, 0.4) is 0 Å². The Labute approximate surface area is 111 Å². The quantitative estimate of drug-likeness (QED) is 0.763. The number of fused-ring (bicyclic) bond motifs is 1. The maximum absolute atomic E-state index is 12.2. The second kappa shape index (κ2) is 6.27. The number of carbonyl (C=O) groups excluding carboxylic acids is 1. The molecule has 0 aromatic carbocycles. The fourth-order valence-corrected chi connectivity index (χ4v) is 3.66. The van der Waals surface area contributed by atoms with E-state index in [1.165, 1.54) is 32.1 Å². The van der Waals surface area contributed by atoms with Crippen molar-refractivity contribution in [2.45, 2.75) is 64.3 Å². The number of carbonyl (C=O) groups is 1. The summed E-state index contributed by atoms with van der Waals surface area (Å²) in [7, 11) is 0. The van der Waals surface area contributed by atoms with Crippen molar-refractivity contribution < 1.29 is 4.79 Å². The lowest BCUT2D eigenvalue weighted by Gasteiger charge is -2.38. The number of rotatable bonds is 3. The van der Waals surface area contributed by atoms with Crippen LogP contribution in [0.2, 0.25) is 0 Å². The summed E-state index contributed by atoms with van der Waals surface area (Å²) < 4.78 is 0. The predicted octanol–water partition coefficient (Wildman–Crippen LogP) is 3.12. The lowest BCUT2D eigenvalue weighted by Crippen LogP contribution is -2.41. The summed E-state index contributed by atoms with van der Waals surface area (Å²) in [5.74, 6) is 4.76. The van der Waals surface area contributed by atoms with Gasteiger partial charge < -0.3 is 5.32 Å². The summed E-state index contributed by atoms with van der Waals surface area (Å²) in [5.41, 5.74) is 0. The monoisotopic (exact) mass is 247 g/mol. The van der Waals surface area contributed by atoms with Crippen LogP contribution in [0.1, 0.15) is 58.3 Å². The first-order valence-corrected chi connectivity index (χ1v) is 7.51. The van der Waals surface area contributed by atoms with Gasteiger partial charge in [0.05, 0.1) is 6.04 Å². The topological polar surface area (TPSA) is 29.1 Å². The summed E-state index contributed by atoms with van der Waals surface area (Å²) in [4.78, 5) is 12.2. The molecule has 0 aromatic heterocycles. The van der Waals surface area contributed by atoms with Gasteiger partial charge in [-0.25, -0.2) is 0 Å². The van der Waals surface area contributed by atoms with E-state index in [-0.39, 0.29) is 17.9 Å². The van der Waals surface area contributed by atoms with Crippen LogP contribution < -0.4 is 5.32 Å². The Kier molecular flexibility index (Phi) is 4.69. The first kappa shape index (κ1) is 13.5. The number of nitrogens with one attached hydrogen (secondary N) is 1. The fraction of sp³-hybridized carbons (Fsp3) is 0.812. The Morgan fingerprint density at radius 2 is 2.00 bits per heavy atom. The fourth-order valence-electron chi connectivity index (χ4n) is 3.66. The van der Waals surface area contributed by atoms with Gasteiger partial charge in [0.2, 0.25) is 5.91 Å². The standard InChI is InChI=1S/C16H25NO/c1-3-15(4-2)17-16(18)14-10-9-12-7-5-6-8-13(12)11-14/h1,12-15H,4-11H2,2H3,(H,17,18). The van der Waals surface area contributed by atoms with Crippen LogP contribution in [0, 0.1) is 30.1 Å². The normalized spacial score (nSPS) is 33.0. The Morgan fingerprint density at radius 3 is 2.67 bits per heavy atom. The highest BCUT2D eigenvalue weighted by molar-refractivity contribution is 5.79. The molecule has 0 aromatic rings. The molecule has 1 amide bonds. The van der Waals surface area contributed by atoms with E-state index < -0.39 is 0 Å². The molecule has 0 aliphatic heterocycles. The van der Waals surface area contributed by atoms with Gasteiger partial charge in [0.1, 0.15) is 0 Å². The van der Waals surface area contributed by atoms with Crippen molar-refractivity contribution in [2.24, 2.45) is 17.8 Å². The first-order valence-electron chi connectivity index (χ1n) is 7.51. The van der Waals surface area contributed by atoms with Crippen molar-refractivity contribution in [3.63, 3.8) is 0 Å². The lowest BCUT2D eigenvalue weighted by molar-refractivity contribution is -0.127. The third-order valence-electron chi connectivity index (χ3n) is 4.84. The van der Waals surface area contributed by atoms with Crippen LogP contribution in [0.15, 0.2) is 0 Å². The van der Waals surface area contributed by atoms with Crippen LogP contribution >= 0.6 is 0 Å². The summed E-state index contributed by atoms with van der Waals surface area (Å²) in [6.07, 6.45) is 15.1. The number of amides is 1. The van der Waals surface area contributed by atoms with Crippen molar-refractivity contribution in [3.8, 4) is 12.3 Å². The van der Waals surface area contributed by atoms with Gasteiger partial charge in [-0.3, -0.25) is 4.79 Å². The van der Waals surface area contributed by atoms with Gasteiger partial charge in [-0.05, 0) is 37.5 Å². The zero-order valence-electron chi connectivity index (χ0n) is 11.5. The molecule has 18 heavy (non-hydrogen) atoms. The van der Waals surface area contributed by atoms with E-state index in [0.717, 1.165) is 31.1 Å². The molecular weight excluding hydrogens is 222 g/mol. The molecule has 2 nitrogen and oxygen atoms in total. The number of hydrogen-bond donors (Lipinski definition) is 1. The smallest absolute Gasteiger partial charge is 0.224 e. The molecule has 4 atom stereocenters. The van der Waals surface area contributed by atoms with Crippen LogP contribution in [0.4, 0.5) is 0 Å². The molecular formula is C16H25NO. The average molecular weight is 247 g/mol. The van der Waals surface area contributed by atoms with E-state index in [1.54, 1.807) is 0 Å². The minimum absolute atomic E-state index is 0.0819. The van der Waals surface area contributed by atoms with Crippen molar-refractivity contribution in [1.29, 1.82) is 0 Å². The summed E-state index contributed by atoms with van der Waals surface area (Å²) in [6.45, 7) is 2.02. The molecule has 100 valence electrons. The molecule has 1 N–H and O–H groups in total. The summed E-state index contributed by atoms with van der Waals surface area (Å²) >= 11 is 0. The first-order chi connectivity index (χ1) is 8.74. The van der Waals surface area contributed by atoms with Crippen molar-refractivity contribution >= 4 is 5.91 Å². The molecule has 4 unspecified atom stereocenters. The van der Waals surface area contributed by atoms with Gasteiger partial charge in [0.25, 0.3) is 0 Å². The molecule has 0 spiro atoms. The summed E-state index contributed by atoms with van der Waals surface area (Å²) in [6, 6.07) is -0.0819. The average Bonchev–Trinajstić information content (AvgIpc) is 2.44. The zero-order valence-corrected chi connectivity index (χ0v) is 11.5. The van der Waals surface area contributed by atoms with Gasteiger partial charge in [-0.1, -0.05) is 38.5 Å². The molecule has 2 fully saturated rings. The van der Waals surface area contributed by atoms with E-state index in [1.807, 2.05) is 6.92 Å². The van der Waals surface area contributed by atoms with Crippen LogP contribution in [0.5, 0.6) is 0 Å². The third-order valence-corrected chi connectivity index (χ3v) is 4.84. The lowest BCUT2D eigenvalue weighted by atomic mass is 9.67. The second-order valence-corrected chi connectivity index (χ2v) is 5.95. The van der Waals surface area contributed by atoms with Crippen LogP contribution in [0.25, 0.3) is 0 Å². The SMILES string of the molecule is C#CC(CC)NC(=O)C1CCC2CCCCC2C1. The van der Waals surface area contributed by atoms with Crippen molar-refractivity contribution in [3.05, 3.63) is 0 Å². The maximum atomic E-state index is 12.2. The van der Waals surface area contributed by atoms with Gasteiger partial charge >= 0.3 is 0 Å². The molecule has 2 heteroatoms. The van der Waals surface area contributed by atoms with Gasteiger partial charge in [0.15, 0.2) is 0 Å². The van der Waals surface area contributed by atoms with Crippen LogP contribution in [-0.2, 0) is 4.79 Å². The van der Waals surface area contributed by atoms with E-state index >= 15 is 0 Å². The van der Waals surface area contributed by atoms with E-state index in [0.29, 0.717) is 0 Å². The van der Waals surface area contributed by atoms with Crippen molar-refractivity contribution in [1.82, 2.24) is 5.32 Å². The van der Waals surface area contributed by atoms with Gasteiger partial charge in [0, 0.05) is 5.92 Å². The number of terminal acetylenes is 1. The maximum Gasteiger partial charge on any atom is 0.224 e. The number of hydrogen-bond acceptors (Lipinski definition) is 1. The Bertz CT molecular complexity index is 330. The largest absolute Gasteiger partial charge is 0.342 e. The molecule has 0 bridgehead atoms. The Balaban J connectivity index is 1.86. The minimum atomic E-state index is -0.0819. The molecule has 2 aliphatic carbocycles. The van der Waals surface area contributed by atoms with Gasteiger partial charge in [-0.15, -0.1) is 6.42 Å². The van der Waals surface area contributed by atoms with E-state index in [4.69, 9.17) is 6.42 Å². The summed E-state index contributed by atoms with van der Waals surface area (Å²) in [5, 5.41) is 3.01. The molecule has 0 heterocycles. The van der Waals surface area contributed by atoms with Gasteiger partial charge in [-0.2, -0.15) is 0 Å². The highest BCUT2D eigenvalue weighted by Gasteiger charge is 2.35. The van der Waals surface area contributed by atoms with E-state index in [2.05, 4.69) is 11.2 Å². The highest BCUT2D eigenvalue weighted by Crippen LogP contribution is 2.42. The van der Waals surface area contributed by atoms with Crippen molar-refractivity contribution in [2.75, 3.05) is 0 Å². The predicted molar refractivity (Wildman–Crippen MR) is 73.8 cm³/mol. The van der Waals surface area contributed by atoms with E-state index in [9.17, 15) is 4.79 Å². The molecule has 2 rings (SSSR count). The minimum Gasteiger partial charge on any atom is -0.342 e. The zero-order chi connectivity index (χ0) is 13.0.